The molecule has 0 aliphatic rings. The zero-order chi connectivity index (χ0) is 15.4. The van der Waals surface area contributed by atoms with Crippen LogP contribution in [0, 0.1) is 11.6 Å². The van der Waals surface area contributed by atoms with Gasteiger partial charge in [0.15, 0.2) is 11.5 Å². The molecule has 0 aliphatic heterocycles. The van der Waals surface area contributed by atoms with Gasteiger partial charge in [-0.2, -0.15) is 0 Å². The topological polar surface area (TPSA) is 18.5 Å². The summed E-state index contributed by atoms with van der Waals surface area (Å²) in [6.07, 6.45) is 0.278. The van der Waals surface area contributed by atoms with Gasteiger partial charge in [-0.05, 0) is 36.2 Å². The molecule has 21 heavy (non-hydrogen) atoms. The van der Waals surface area contributed by atoms with Crippen molar-refractivity contribution in [2.24, 2.45) is 0 Å². The first kappa shape index (κ1) is 15.6. The molecule has 0 radical (unpaired) electrons. The fraction of sp³-hybridized carbons (Fsp3) is 0.250. The van der Waals surface area contributed by atoms with Gasteiger partial charge >= 0.3 is 0 Å². The van der Waals surface area contributed by atoms with Crippen molar-refractivity contribution >= 4 is 11.6 Å². The van der Waals surface area contributed by atoms with Crippen LogP contribution in [0.3, 0.4) is 0 Å². The maximum absolute atomic E-state index is 13.7. The maximum Gasteiger partial charge on any atom is 0.160 e. The Morgan fingerprint density at radius 3 is 2.19 bits per heavy atom. The average Bonchev–Trinajstić information content (AvgIpc) is 2.46. The SMILES string of the molecule is COc1ccc(CC(Cl)c2c(F)cccc2F)cc1OC. The van der Waals surface area contributed by atoms with Gasteiger partial charge in [0.05, 0.1) is 19.6 Å². The van der Waals surface area contributed by atoms with E-state index < -0.39 is 17.0 Å². The lowest BCUT2D eigenvalue weighted by atomic mass is 10.0. The summed E-state index contributed by atoms with van der Waals surface area (Å²) in [6, 6.07) is 8.97. The predicted octanol–water partition coefficient (Wildman–Crippen LogP) is 4.50. The summed E-state index contributed by atoms with van der Waals surface area (Å²) in [5.74, 6) is -0.150. The summed E-state index contributed by atoms with van der Waals surface area (Å²) in [6.45, 7) is 0. The molecule has 2 nitrogen and oxygen atoms in total. The Bertz CT molecular complexity index is 611. The molecule has 0 saturated carbocycles. The molecule has 5 heteroatoms. The molecule has 0 aliphatic carbocycles. The standard InChI is InChI=1S/C16H15ClF2O2/c1-20-14-7-6-10(9-15(14)21-2)8-11(17)16-12(18)4-3-5-13(16)19/h3-7,9,11H,8H2,1-2H3. The van der Waals surface area contributed by atoms with Crippen molar-refractivity contribution in [3.05, 3.63) is 59.2 Å². The molecular formula is C16H15ClF2O2. The molecule has 0 spiro atoms. The van der Waals surface area contributed by atoms with E-state index in [0.717, 1.165) is 5.56 Å². The van der Waals surface area contributed by atoms with Gasteiger partial charge in [-0.1, -0.05) is 12.1 Å². The van der Waals surface area contributed by atoms with E-state index in [1.165, 1.54) is 32.4 Å². The van der Waals surface area contributed by atoms with Gasteiger partial charge in [0.2, 0.25) is 0 Å². The molecule has 0 N–H and O–H groups in total. The molecule has 1 unspecified atom stereocenters. The van der Waals surface area contributed by atoms with Crippen LogP contribution in [-0.2, 0) is 6.42 Å². The number of halogens is 3. The van der Waals surface area contributed by atoms with Crippen molar-refractivity contribution in [2.75, 3.05) is 14.2 Å². The number of benzene rings is 2. The minimum absolute atomic E-state index is 0.117. The van der Waals surface area contributed by atoms with Gasteiger partial charge in [-0.25, -0.2) is 8.78 Å². The highest BCUT2D eigenvalue weighted by atomic mass is 35.5. The van der Waals surface area contributed by atoms with E-state index in [-0.39, 0.29) is 12.0 Å². The highest BCUT2D eigenvalue weighted by Gasteiger charge is 2.19. The summed E-state index contributed by atoms with van der Waals surface area (Å²) < 4.78 is 37.7. The van der Waals surface area contributed by atoms with Crippen molar-refractivity contribution in [1.29, 1.82) is 0 Å². The quantitative estimate of drug-likeness (QED) is 0.757. The van der Waals surface area contributed by atoms with Crippen LogP contribution in [-0.4, -0.2) is 14.2 Å². The number of rotatable bonds is 5. The number of hydrogen-bond acceptors (Lipinski definition) is 2. The van der Waals surface area contributed by atoms with Crippen molar-refractivity contribution in [3.63, 3.8) is 0 Å². The van der Waals surface area contributed by atoms with Crippen LogP contribution < -0.4 is 9.47 Å². The maximum atomic E-state index is 13.7. The highest BCUT2D eigenvalue weighted by molar-refractivity contribution is 6.21. The van der Waals surface area contributed by atoms with Crippen LogP contribution in [0.4, 0.5) is 8.78 Å². The van der Waals surface area contributed by atoms with Crippen LogP contribution in [0.25, 0.3) is 0 Å². The molecular weight excluding hydrogens is 298 g/mol. The van der Waals surface area contributed by atoms with E-state index in [4.69, 9.17) is 21.1 Å². The molecule has 0 aromatic heterocycles. The molecule has 112 valence electrons. The number of ether oxygens (including phenoxy) is 2. The Morgan fingerprint density at radius 2 is 1.62 bits per heavy atom. The monoisotopic (exact) mass is 312 g/mol. The smallest absolute Gasteiger partial charge is 0.160 e. The molecule has 0 heterocycles. The average molecular weight is 313 g/mol. The van der Waals surface area contributed by atoms with E-state index in [9.17, 15) is 8.78 Å². The first-order valence-electron chi connectivity index (χ1n) is 6.35. The van der Waals surface area contributed by atoms with Gasteiger partial charge in [-0.3, -0.25) is 0 Å². The van der Waals surface area contributed by atoms with Crippen molar-refractivity contribution in [3.8, 4) is 11.5 Å². The lowest BCUT2D eigenvalue weighted by Crippen LogP contribution is -2.03. The molecule has 1 atom stereocenters. The van der Waals surface area contributed by atoms with Gasteiger partial charge in [-0.15, -0.1) is 11.6 Å². The van der Waals surface area contributed by atoms with Gasteiger partial charge in [0.1, 0.15) is 11.6 Å². The van der Waals surface area contributed by atoms with E-state index in [1.54, 1.807) is 18.2 Å². The molecule has 0 saturated heterocycles. The third-order valence-corrected chi connectivity index (χ3v) is 3.55. The number of methoxy groups -OCH3 is 2. The summed E-state index contributed by atoms with van der Waals surface area (Å²) in [5, 5.41) is -0.802. The second-order valence-electron chi connectivity index (χ2n) is 4.50. The molecule has 0 amide bonds. The zero-order valence-corrected chi connectivity index (χ0v) is 12.5. The van der Waals surface area contributed by atoms with Crippen molar-refractivity contribution in [1.82, 2.24) is 0 Å². The Kier molecular flexibility index (Phi) is 5.02. The van der Waals surface area contributed by atoms with E-state index in [2.05, 4.69) is 0 Å². The first-order chi connectivity index (χ1) is 10.1. The second kappa shape index (κ2) is 6.76. The Labute approximate surface area is 127 Å². The summed E-state index contributed by atoms with van der Waals surface area (Å²) in [4.78, 5) is 0. The summed E-state index contributed by atoms with van der Waals surface area (Å²) in [7, 11) is 3.06. The predicted molar refractivity (Wildman–Crippen MR) is 78.2 cm³/mol. The largest absolute Gasteiger partial charge is 0.493 e. The van der Waals surface area contributed by atoms with Gasteiger partial charge < -0.3 is 9.47 Å². The highest BCUT2D eigenvalue weighted by Crippen LogP contribution is 2.33. The summed E-state index contributed by atoms with van der Waals surface area (Å²) >= 11 is 6.17. The van der Waals surface area contributed by atoms with Crippen molar-refractivity contribution < 1.29 is 18.3 Å². The zero-order valence-electron chi connectivity index (χ0n) is 11.7. The lowest BCUT2D eigenvalue weighted by Gasteiger charge is -2.14. The van der Waals surface area contributed by atoms with Crippen LogP contribution in [0.1, 0.15) is 16.5 Å². The van der Waals surface area contributed by atoms with Crippen LogP contribution in [0.2, 0.25) is 0 Å². The Morgan fingerprint density at radius 1 is 1.00 bits per heavy atom. The third kappa shape index (κ3) is 3.45. The fourth-order valence-electron chi connectivity index (χ4n) is 2.13. The second-order valence-corrected chi connectivity index (χ2v) is 5.02. The van der Waals surface area contributed by atoms with Gasteiger partial charge in [0, 0.05) is 5.56 Å². The molecule has 0 bridgehead atoms. The summed E-state index contributed by atoms with van der Waals surface area (Å²) in [5.41, 5.74) is 0.684. The van der Waals surface area contributed by atoms with Crippen LogP contribution >= 0.6 is 11.6 Å². The minimum Gasteiger partial charge on any atom is -0.493 e. The normalized spacial score (nSPS) is 12.0. The van der Waals surface area contributed by atoms with Crippen LogP contribution in [0.15, 0.2) is 36.4 Å². The van der Waals surface area contributed by atoms with E-state index >= 15 is 0 Å². The Hall–Kier alpha value is -1.81. The molecule has 0 fully saturated rings. The molecule has 2 aromatic rings. The minimum atomic E-state index is -0.802. The van der Waals surface area contributed by atoms with Gasteiger partial charge in [0.25, 0.3) is 0 Å². The molecule has 2 rings (SSSR count). The van der Waals surface area contributed by atoms with Crippen molar-refractivity contribution in [2.45, 2.75) is 11.8 Å². The number of hydrogen-bond donors (Lipinski definition) is 0. The van der Waals surface area contributed by atoms with E-state index in [0.29, 0.717) is 11.5 Å². The molecule has 2 aromatic carbocycles. The fourth-order valence-corrected chi connectivity index (χ4v) is 2.51. The first-order valence-corrected chi connectivity index (χ1v) is 6.79. The number of alkyl halides is 1. The third-order valence-electron chi connectivity index (χ3n) is 3.18. The van der Waals surface area contributed by atoms with Crippen LogP contribution in [0.5, 0.6) is 11.5 Å². The lowest BCUT2D eigenvalue weighted by molar-refractivity contribution is 0.354. The Balaban J connectivity index is 2.25. The van der Waals surface area contributed by atoms with E-state index in [1.807, 2.05) is 0 Å².